The average molecular weight is 385 g/mol. The Bertz CT molecular complexity index is 743. The van der Waals surface area contributed by atoms with Gasteiger partial charge in [-0.15, -0.1) is 0 Å². The minimum atomic E-state index is -0.507. The van der Waals surface area contributed by atoms with Gasteiger partial charge in [-0.25, -0.2) is 4.79 Å². The molecular weight excluding hydrogens is 358 g/mol. The Labute approximate surface area is 166 Å². The van der Waals surface area contributed by atoms with Gasteiger partial charge in [0.25, 0.3) is 0 Å². The van der Waals surface area contributed by atoms with Crippen molar-refractivity contribution < 1.29 is 23.8 Å². The first kappa shape index (κ1) is 21.4. The highest BCUT2D eigenvalue weighted by atomic mass is 16.6. The van der Waals surface area contributed by atoms with Gasteiger partial charge in [0, 0.05) is 5.92 Å². The number of hydrogen-bond acceptors (Lipinski definition) is 6. The number of benzene rings is 2. The smallest absolute Gasteiger partial charge is 0.355 e. The Kier molecular flexibility index (Phi) is 9.01. The number of ether oxygens (including phenoxy) is 3. The molecule has 1 unspecified atom stereocenters. The van der Waals surface area contributed by atoms with Crippen LogP contribution in [0.25, 0.3) is 0 Å². The van der Waals surface area contributed by atoms with Crippen molar-refractivity contribution in [3.63, 3.8) is 0 Å². The lowest BCUT2D eigenvalue weighted by Crippen LogP contribution is -2.19. The molecule has 0 fully saturated rings. The van der Waals surface area contributed by atoms with Crippen LogP contribution in [0.2, 0.25) is 0 Å². The van der Waals surface area contributed by atoms with E-state index in [4.69, 9.17) is 14.3 Å². The van der Waals surface area contributed by atoms with Crippen molar-refractivity contribution >= 4 is 11.7 Å². The van der Waals surface area contributed by atoms with Crippen molar-refractivity contribution in [2.75, 3.05) is 27.4 Å². The molecule has 1 atom stereocenters. The molecule has 2 aromatic carbocycles. The van der Waals surface area contributed by atoms with Gasteiger partial charge in [0.05, 0.1) is 27.4 Å². The zero-order valence-corrected chi connectivity index (χ0v) is 16.6. The van der Waals surface area contributed by atoms with Gasteiger partial charge in [0.15, 0.2) is 5.71 Å². The van der Waals surface area contributed by atoms with E-state index >= 15 is 0 Å². The fourth-order valence-electron chi connectivity index (χ4n) is 2.60. The molecule has 0 heterocycles. The van der Waals surface area contributed by atoms with E-state index < -0.39 is 5.97 Å². The molecule has 150 valence electrons. The molecule has 0 N–H and O–H groups in total. The average Bonchev–Trinajstić information content (AvgIpc) is 2.74. The number of rotatable bonds is 11. The maximum absolute atomic E-state index is 11.4. The van der Waals surface area contributed by atoms with Crippen LogP contribution in [0.1, 0.15) is 18.1 Å². The first-order valence-electron chi connectivity index (χ1n) is 9.11. The van der Waals surface area contributed by atoms with E-state index in [1.54, 1.807) is 14.0 Å². The highest BCUT2D eigenvalue weighted by Gasteiger charge is 2.13. The number of carbonyl (C=O) groups is 1. The predicted molar refractivity (Wildman–Crippen MR) is 107 cm³/mol. The number of methoxy groups -OCH3 is 2. The van der Waals surface area contributed by atoms with E-state index in [0.29, 0.717) is 19.8 Å². The lowest BCUT2D eigenvalue weighted by molar-refractivity contribution is -0.133. The van der Waals surface area contributed by atoms with Crippen molar-refractivity contribution in [2.24, 2.45) is 11.1 Å². The van der Waals surface area contributed by atoms with Crippen LogP contribution >= 0.6 is 0 Å². The van der Waals surface area contributed by atoms with Gasteiger partial charge >= 0.3 is 5.97 Å². The third-order valence-electron chi connectivity index (χ3n) is 4.14. The van der Waals surface area contributed by atoms with Gasteiger partial charge in [0.2, 0.25) is 0 Å². The normalized spacial score (nSPS) is 12.3. The molecule has 6 nitrogen and oxygen atoms in total. The predicted octanol–water partition coefficient (Wildman–Crippen LogP) is 3.64. The minimum absolute atomic E-state index is 0.0753. The molecule has 0 spiro atoms. The summed E-state index contributed by atoms with van der Waals surface area (Å²) in [7, 11) is 2.95. The van der Waals surface area contributed by atoms with E-state index in [-0.39, 0.29) is 11.6 Å². The fourth-order valence-corrected chi connectivity index (χ4v) is 2.60. The standard InChI is InChI=1S/C22H27NO5/c1-17(22(24)26-3)23-28-16-20(13-18-9-11-21(25-2)12-10-18)15-27-14-19-7-5-4-6-8-19/h4-12,20H,13-16H2,1-3H3/b23-17+. The summed E-state index contributed by atoms with van der Waals surface area (Å²) in [6.45, 7) is 2.92. The molecule has 2 rings (SSSR count). The number of oxime groups is 1. The summed E-state index contributed by atoms with van der Waals surface area (Å²) in [6.07, 6.45) is 0.756. The van der Waals surface area contributed by atoms with E-state index in [1.807, 2.05) is 54.6 Å². The second kappa shape index (κ2) is 11.8. The maximum atomic E-state index is 11.4. The Morgan fingerprint density at radius 1 is 0.964 bits per heavy atom. The summed E-state index contributed by atoms with van der Waals surface area (Å²) in [5.41, 5.74) is 2.44. The van der Waals surface area contributed by atoms with Crippen molar-refractivity contribution in [3.05, 3.63) is 65.7 Å². The Morgan fingerprint density at radius 3 is 2.32 bits per heavy atom. The van der Waals surface area contributed by atoms with Crippen LogP contribution in [-0.2, 0) is 32.1 Å². The Balaban J connectivity index is 1.94. The Morgan fingerprint density at radius 2 is 1.68 bits per heavy atom. The summed E-state index contributed by atoms with van der Waals surface area (Å²) < 4.78 is 15.7. The molecule has 0 aliphatic carbocycles. The Hall–Kier alpha value is -2.86. The quantitative estimate of drug-likeness (QED) is 0.336. The highest BCUT2D eigenvalue weighted by Crippen LogP contribution is 2.16. The first-order chi connectivity index (χ1) is 13.6. The van der Waals surface area contributed by atoms with Gasteiger partial charge in [-0.3, -0.25) is 0 Å². The first-order valence-corrected chi connectivity index (χ1v) is 9.11. The van der Waals surface area contributed by atoms with Crippen LogP contribution in [0.3, 0.4) is 0 Å². The second-order valence-electron chi connectivity index (χ2n) is 6.38. The summed E-state index contributed by atoms with van der Waals surface area (Å²) in [5.74, 6) is 0.383. The summed E-state index contributed by atoms with van der Waals surface area (Å²) in [6, 6.07) is 17.9. The summed E-state index contributed by atoms with van der Waals surface area (Å²) in [4.78, 5) is 16.8. The van der Waals surface area contributed by atoms with Crippen LogP contribution in [0, 0.1) is 5.92 Å². The van der Waals surface area contributed by atoms with Crippen LogP contribution in [-0.4, -0.2) is 39.1 Å². The number of hydrogen-bond donors (Lipinski definition) is 0. The molecule has 0 bridgehead atoms. The van der Waals surface area contributed by atoms with Gasteiger partial charge in [0.1, 0.15) is 12.4 Å². The lowest BCUT2D eigenvalue weighted by atomic mass is 10.0. The van der Waals surface area contributed by atoms with Crippen molar-refractivity contribution in [3.8, 4) is 5.75 Å². The van der Waals surface area contributed by atoms with Crippen molar-refractivity contribution in [1.82, 2.24) is 0 Å². The zero-order valence-electron chi connectivity index (χ0n) is 16.6. The van der Waals surface area contributed by atoms with Crippen LogP contribution in [0.15, 0.2) is 59.8 Å². The third kappa shape index (κ3) is 7.40. The molecule has 2 aromatic rings. The van der Waals surface area contributed by atoms with Gasteiger partial charge in [-0.2, -0.15) is 0 Å². The van der Waals surface area contributed by atoms with E-state index in [9.17, 15) is 4.79 Å². The SMILES string of the molecule is COC(=O)/C(C)=N/OCC(COCc1ccccc1)Cc1ccc(OC)cc1. The minimum Gasteiger partial charge on any atom is -0.497 e. The van der Waals surface area contributed by atoms with Crippen LogP contribution in [0.4, 0.5) is 0 Å². The molecule has 0 aromatic heterocycles. The van der Waals surface area contributed by atoms with Crippen LogP contribution < -0.4 is 4.74 Å². The molecule has 0 aliphatic rings. The molecular formula is C22H27NO5. The lowest BCUT2D eigenvalue weighted by Gasteiger charge is -2.16. The zero-order chi connectivity index (χ0) is 20.2. The molecule has 0 radical (unpaired) electrons. The van der Waals surface area contributed by atoms with Crippen LogP contribution in [0.5, 0.6) is 5.75 Å². The number of carbonyl (C=O) groups excluding carboxylic acids is 1. The van der Waals surface area contributed by atoms with Crippen molar-refractivity contribution in [1.29, 1.82) is 0 Å². The monoisotopic (exact) mass is 385 g/mol. The molecule has 0 saturated carbocycles. The molecule has 0 aliphatic heterocycles. The maximum Gasteiger partial charge on any atom is 0.355 e. The van der Waals surface area contributed by atoms with Gasteiger partial charge in [-0.05, 0) is 36.6 Å². The molecule has 6 heteroatoms. The number of esters is 1. The third-order valence-corrected chi connectivity index (χ3v) is 4.14. The van der Waals surface area contributed by atoms with Gasteiger partial charge in [-0.1, -0.05) is 47.6 Å². The van der Waals surface area contributed by atoms with Crippen molar-refractivity contribution in [2.45, 2.75) is 20.0 Å². The van der Waals surface area contributed by atoms with E-state index in [1.165, 1.54) is 7.11 Å². The highest BCUT2D eigenvalue weighted by molar-refractivity contribution is 6.35. The molecule has 28 heavy (non-hydrogen) atoms. The topological polar surface area (TPSA) is 66.4 Å². The van der Waals surface area contributed by atoms with Gasteiger partial charge < -0.3 is 19.0 Å². The fraction of sp³-hybridized carbons (Fsp3) is 0.364. The molecule has 0 amide bonds. The number of nitrogens with zero attached hydrogens (tertiary/aromatic N) is 1. The molecule has 0 saturated heterocycles. The largest absolute Gasteiger partial charge is 0.497 e. The van der Waals surface area contributed by atoms with E-state index in [2.05, 4.69) is 9.89 Å². The summed E-state index contributed by atoms with van der Waals surface area (Å²) in [5, 5.41) is 3.84. The van der Waals surface area contributed by atoms with E-state index in [0.717, 1.165) is 23.3 Å². The summed E-state index contributed by atoms with van der Waals surface area (Å²) >= 11 is 0. The second-order valence-corrected chi connectivity index (χ2v) is 6.38.